The molecule has 0 radical (unpaired) electrons. The molecule has 2 rings (SSSR count). The Hall–Kier alpha value is -2.64. The first-order chi connectivity index (χ1) is 15.6. The van der Waals surface area contributed by atoms with E-state index in [2.05, 4.69) is 20.8 Å². The Morgan fingerprint density at radius 3 is 2.55 bits per heavy atom. The average Bonchev–Trinajstić information content (AvgIpc) is 3.13. The Morgan fingerprint density at radius 2 is 1.91 bits per heavy atom. The lowest BCUT2D eigenvalue weighted by molar-refractivity contribution is -0.117. The van der Waals surface area contributed by atoms with Crippen LogP contribution in [-0.2, 0) is 14.8 Å². The van der Waals surface area contributed by atoms with Crippen LogP contribution >= 0.6 is 11.8 Å². The second-order valence-electron chi connectivity index (χ2n) is 7.57. The number of sulfonamides is 1. The number of nitrogen functional groups attached to an aromatic ring is 1. The SMILES string of the molecule is CCN(CC)S(=O)(=O)c1cccc(-c2nnc(SCC(=O)NC(=O)NCCC(C)C)n2N)c1. The first-order valence-electron chi connectivity index (χ1n) is 10.6. The number of urea groups is 1. The van der Waals surface area contributed by atoms with Crippen molar-refractivity contribution < 1.29 is 18.0 Å². The first-order valence-corrected chi connectivity index (χ1v) is 13.0. The van der Waals surface area contributed by atoms with Crippen molar-refractivity contribution in [3.63, 3.8) is 0 Å². The summed E-state index contributed by atoms with van der Waals surface area (Å²) in [5, 5.41) is 13.1. The summed E-state index contributed by atoms with van der Waals surface area (Å²) in [7, 11) is -3.64. The summed E-state index contributed by atoms with van der Waals surface area (Å²) < 4.78 is 28.2. The number of carbonyl (C=O) groups excluding carboxylic acids is 2. The standard InChI is InChI=1S/C20H31N7O4S2/c1-5-26(6-2)33(30,31)16-9-7-8-15(12-16)18-24-25-20(27(18)21)32-13-17(28)23-19(29)22-11-10-14(3)4/h7-9,12,14H,5-6,10-11,13,21H2,1-4H3,(H2,22,23,28,29). The first kappa shape index (κ1) is 26.6. The van der Waals surface area contributed by atoms with Crippen LogP contribution in [0.5, 0.6) is 0 Å². The minimum Gasteiger partial charge on any atom is -0.338 e. The molecule has 33 heavy (non-hydrogen) atoms. The molecule has 0 bridgehead atoms. The molecular weight excluding hydrogens is 466 g/mol. The molecule has 1 heterocycles. The Labute approximate surface area is 198 Å². The number of imide groups is 1. The van der Waals surface area contributed by atoms with Crippen LogP contribution in [0.3, 0.4) is 0 Å². The van der Waals surface area contributed by atoms with Crippen molar-refractivity contribution in [1.29, 1.82) is 0 Å². The van der Waals surface area contributed by atoms with Gasteiger partial charge < -0.3 is 11.2 Å². The molecule has 1 aromatic carbocycles. The van der Waals surface area contributed by atoms with Gasteiger partial charge in [-0.15, -0.1) is 10.2 Å². The number of nitrogens with two attached hydrogens (primary N) is 1. The summed E-state index contributed by atoms with van der Waals surface area (Å²) in [5.41, 5.74) is 0.471. The molecular formula is C20H31N7O4S2. The van der Waals surface area contributed by atoms with Gasteiger partial charge in [-0.1, -0.05) is 51.6 Å². The summed E-state index contributed by atoms with van der Waals surface area (Å²) in [6, 6.07) is 5.74. The number of thioether (sulfide) groups is 1. The molecule has 3 amide bonds. The van der Waals surface area contributed by atoms with Gasteiger partial charge in [-0.3, -0.25) is 10.1 Å². The van der Waals surface area contributed by atoms with Gasteiger partial charge in [0.25, 0.3) is 0 Å². The predicted octanol–water partition coefficient (Wildman–Crippen LogP) is 1.65. The van der Waals surface area contributed by atoms with Gasteiger partial charge in [0.1, 0.15) is 0 Å². The number of nitrogens with one attached hydrogen (secondary N) is 2. The van der Waals surface area contributed by atoms with Crippen molar-refractivity contribution in [2.45, 2.75) is 44.2 Å². The van der Waals surface area contributed by atoms with Crippen molar-refractivity contribution in [1.82, 2.24) is 29.8 Å². The Kier molecular flexibility index (Phi) is 9.68. The molecule has 1 aromatic heterocycles. The van der Waals surface area contributed by atoms with Gasteiger partial charge in [-0.2, -0.15) is 4.31 Å². The lowest BCUT2D eigenvalue weighted by atomic mass is 10.1. The van der Waals surface area contributed by atoms with Crippen LogP contribution in [0.1, 0.15) is 34.1 Å². The van der Waals surface area contributed by atoms with E-state index >= 15 is 0 Å². The average molecular weight is 498 g/mol. The number of amides is 3. The zero-order chi connectivity index (χ0) is 24.6. The number of rotatable bonds is 11. The third-order valence-electron chi connectivity index (χ3n) is 4.69. The second-order valence-corrected chi connectivity index (χ2v) is 10.4. The summed E-state index contributed by atoms with van der Waals surface area (Å²) in [5.74, 6) is 6.19. The number of nitrogens with zero attached hydrogens (tertiary/aromatic N) is 4. The van der Waals surface area contributed by atoms with E-state index in [4.69, 9.17) is 5.84 Å². The van der Waals surface area contributed by atoms with E-state index in [0.29, 0.717) is 31.1 Å². The summed E-state index contributed by atoms with van der Waals surface area (Å²) in [6.45, 7) is 8.82. The highest BCUT2D eigenvalue weighted by Gasteiger charge is 2.23. The van der Waals surface area contributed by atoms with Crippen molar-refractivity contribution in [2.75, 3.05) is 31.2 Å². The van der Waals surface area contributed by atoms with E-state index in [0.717, 1.165) is 18.2 Å². The molecule has 0 atom stereocenters. The molecule has 13 heteroatoms. The zero-order valence-electron chi connectivity index (χ0n) is 19.2. The van der Waals surface area contributed by atoms with E-state index in [1.165, 1.54) is 21.1 Å². The summed E-state index contributed by atoms with van der Waals surface area (Å²) in [4.78, 5) is 23.9. The molecule has 182 valence electrons. The van der Waals surface area contributed by atoms with Crippen LogP contribution in [-0.4, -0.2) is 64.9 Å². The van der Waals surface area contributed by atoms with Gasteiger partial charge >= 0.3 is 6.03 Å². The quantitative estimate of drug-likeness (QED) is 0.313. The van der Waals surface area contributed by atoms with Crippen molar-refractivity contribution in [3.8, 4) is 11.4 Å². The second kappa shape index (κ2) is 12.0. The van der Waals surface area contributed by atoms with Crippen LogP contribution in [0.25, 0.3) is 11.4 Å². The van der Waals surface area contributed by atoms with Crippen LogP contribution in [0.4, 0.5) is 4.79 Å². The smallest absolute Gasteiger partial charge is 0.321 e. The van der Waals surface area contributed by atoms with E-state index < -0.39 is 22.0 Å². The maximum atomic E-state index is 12.8. The minimum atomic E-state index is -3.64. The Bertz CT molecular complexity index is 1070. The highest BCUT2D eigenvalue weighted by atomic mass is 32.2. The third kappa shape index (κ3) is 7.17. The highest BCUT2D eigenvalue weighted by Crippen LogP contribution is 2.25. The van der Waals surface area contributed by atoms with Crippen LogP contribution in [0.2, 0.25) is 0 Å². The fourth-order valence-corrected chi connectivity index (χ4v) is 5.05. The van der Waals surface area contributed by atoms with Crippen LogP contribution in [0.15, 0.2) is 34.3 Å². The lowest BCUT2D eigenvalue weighted by Crippen LogP contribution is -2.40. The van der Waals surface area contributed by atoms with Gasteiger partial charge in [0, 0.05) is 25.2 Å². The van der Waals surface area contributed by atoms with Gasteiger partial charge in [0.15, 0.2) is 5.82 Å². The van der Waals surface area contributed by atoms with E-state index in [1.807, 2.05) is 13.8 Å². The fraction of sp³-hybridized carbons (Fsp3) is 0.500. The Morgan fingerprint density at radius 1 is 1.21 bits per heavy atom. The number of hydrogen-bond acceptors (Lipinski definition) is 8. The topological polar surface area (TPSA) is 152 Å². The monoisotopic (exact) mass is 497 g/mol. The third-order valence-corrected chi connectivity index (χ3v) is 7.68. The van der Waals surface area contributed by atoms with Gasteiger partial charge in [0.2, 0.25) is 21.1 Å². The largest absolute Gasteiger partial charge is 0.338 e. The number of hydrogen-bond donors (Lipinski definition) is 3. The fourth-order valence-electron chi connectivity index (χ4n) is 2.89. The lowest BCUT2D eigenvalue weighted by Gasteiger charge is -2.18. The van der Waals surface area contributed by atoms with E-state index in [9.17, 15) is 18.0 Å². The molecule has 0 aliphatic heterocycles. The maximum Gasteiger partial charge on any atom is 0.321 e. The zero-order valence-corrected chi connectivity index (χ0v) is 20.9. The minimum absolute atomic E-state index is 0.0939. The molecule has 2 aromatic rings. The molecule has 0 aliphatic carbocycles. The van der Waals surface area contributed by atoms with Gasteiger partial charge in [0.05, 0.1) is 10.6 Å². The van der Waals surface area contributed by atoms with Crippen LogP contribution in [0, 0.1) is 5.92 Å². The highest BCUT2D eigenvalue weighted by molar-refractivity contribution is 7.99. The predicted molar refractivity (Wildman–Crippen MR) is 127 cm³/mol. The molecule has 0 fully saturated rings. The number of carbonyl (C=O) groups is 2. The van der Waals surface area contributed by atoms with E-state index in [-0.39, 0.29) is 21.6 Å². The molecule has 4 N–H and O–H groups in total. The Balaban J connectivity index is 2.05. The van der Waals surface area contributed by atoms with Crippen molar-refractivity contribution in [3.05, 3.63) is 24.3 Å². The molecule has 0 saturated heterocycles. The molecule has 0 unspecified atom stereocenters. The summed E-state index contributed by atoms with van der Waals surface area (Å²) in [6.07, 6.45) is 0.812. The molecule has 0 spiro atoms. The normalized spacial score (nSPS) is 11.7. The van der Waals surface area contributed by atoms with Crippen molar-refractivity contribution in [2.24, 2.45) is 5.92 Å². The molecule has 11 nitrogen and oxygen atoms in total. The summed E-state index contributed by atoms with van der Waals surface area (Å²) >= 11 is 1.01. The molecule has 0 saturated carbocycles. The number of benzene rings is 1. The molecule has 0 aliphatic rings. The van der Waals surface area contributed by atoms with Gasteiger partial charge in [-0.25, -0.2) is 17.9 Å². The van der Waals surface area contributed by atoms with E-state index in [1.54, 1.807) is 26.0 Å². The van der Waals surface area contributed by atoms with Crippen molar-refractivity contribution >= 4 is 33.7 Å². The van der Waals surface area contributed by atoms with Gasteiger partial charge in [-0.05, 0) is 24.5 Å². The van der Waals surface area contributed by atoms with Crippen LogP contribution < -0.4 is 16.5 Å². The maximum absolute atomic E-state index is 12.8. The number of aromatic nitrogens is 3.